The van der Waals surface area contributed by atoms with E-state index in [1.807, 2.05) is 23.1 Å². The molecule has 0 unspecified atom stereocenters. The summed E-state index contributed by atoms with van der Waals surface area (Å²) in [5.41, 5.74) is 0.725. The van der Waals surface area contributed by atoms with Gasteiger partial charge in [0.2, 0.25) is 0 Å². The third kappa shape index (κ3) is 3.90. The summed E-state index contributed by atoms with van der Waals surface area (Å²) in [6.45, 7) is 3.96. The molecule has 1 aliphatic heterocycles. The number of amides is 1. The fourth-order valence-corrected chi connectivity index (χ4v) is 3.06. The van der Waals surface area contributed by atoms with Gasteiger partial charge in [0.25, 0.3) is 5.91 Å². The second-order valence-electron chi connectivity index (χ2n) is 4.48. The van der Waals surface area contributed by atoms with Gasteiger partial charge in [-0.3, -0.25) is 9.69 Å². The van der Waals surface area contributed by atoms with Crippen molar-refractivity contribution < 1.29 is 9.90 Å². The lowest BCUT2D eigenvalue weighted by atomic mass is 10.2. The number of hydrogen-bond acceptors (Lipinski definition) is 3. The molecule has 0 saturated carbocycles. The van der Waals surface area contributed by atoms with Crippen molar-refractivity contribution in [2.75, 3.05) is 39.3 Å². The Labute approximate surface area is 135 Å². The van der Waals surface area contributed by atoms with Gasteiger partial charge in [0.05, 0.1) is 12.2 Å². The number of piperazine rings is 1. The normalized spacial score (nSPS) is 16.7. The van der Waals surface area contributed by atoms with Crippen LogP contribution in [0.15, 0.2) is 22.7 Å². The molecular formula is C13H16BrIN2O2. The van der Waals surface area contributed by atoms with E-state index in [4.69, 9.17) is 5.11 Å². The number of β-amino-alcohol motifs (C(OH)–C–C–N with tert-alkyl or cyclic N) is 1. The standard InChI is InChI=1S/C13H16BrIN2O2/c14-12-2-1-10(15)9-11(12)13(19)17-5-3-16(4-6-17)7-8-18/h1-2,9,18H,3-8H2. The SMILES string of the molecule is O=C(c1cc(I)ccc1Br)N1CCN(CCO)CC1. The molecule has 1 heterocycles. The summed E-state index contributed by atoms with van der Waals surface area (Å²) in [5, 5.41) is 8.91. The average Bonchev–Trinajstić information content (AvgIpc) is 2.42. The minimum atomic E-state index is 0.0778. The van der Waals surface area contributed by atoms with E-state index < -0.39 is 0 Å². The Balaban J connectivity index is 2.03. The van der Waals surface area contributed by atoms with Gasteiger partial charge < -0.3 is 10.0 Å². The van der Waals surface area contributed by atoms with Gasteiger partial charge in [-0.15, -0.1) is 0 Å². The first-order valence-corrected chi connectivity index (χ1v) is 8.06. The van der Waals surface area contributed by atoms with Crippen LogP contribution in [0.1, 0.15) is 10.4 Å². The number of carbonyl (C=O) groups is 1. The fourth-order valence-electron chi connectivity index (χ4n) is 2.15. The number of rotatable bonds is 3. The Morgan fingerprint density at radius 3 is 2.63 bits per heavy atom. The van der Waals surface area contributed by atoms with Crippen molar-refractivity contribution in [2.45, 2.75) is 0 Å². The summed E-state index contributed by atoms with van der Waals surface area (Å²) < 4.78 is 1.90. The van der Waals surface area contributed by atoms with Gasteiger partial charge in [0.1, 0.15) is 0 Å². The van der Waals surface area contributed by atoms with Crippen LogP contribution in [0.2, 0.25) is 0 Å². The minimum Gasteiger partial charge on any atom is -0.395 e. The summed E-state index contributed by atoms with van der Waals surface area (Å²) >= 11 is 5.65. The van der Waals surface area contributed by atoms with Crippen molar-refractivity contribution in [3.63, 3.8) is 0 Å². The van der Waals surface area contributed by atoms with Crippen LogP contribution in [-0.4, -0.2) is 60.1 Å². The predicted molar refractivity (Wildman–Crippen MR) is 86.3 cm³/mol. The molecule has 0 atom stereocenters. The van der Waals surface area contributed by atoms with Gasteiger partial charge in [0.15, 0.2) is 0 Å². The summed E-state index contributed by atoms with van der Waals surface area (Å²) in [5.74, 6) is 0.0778. The van der Waals surface area contributed by atoms with E-state index in [-0.39, 0.29) is 12.5 Å². The van der Waals surface area contributed by atoms with Crippen LogP contribution in [0.4, 0.5) is 0 Å². The van der Waals surface area contributed by atoms with E-state index in [1.54, 1.807) is 0 Å². The Morgan fingerprint density at radius 1 is 1.32 bits per heavy atom. The van der Waals surface area contributed by atoms with Gasteiger partial charge in [-0.25, -0.2) is 0 Å². The first kappa shape index (κ1) is 15.2. The molecule has 0 bridgehead atoms. The molecule has 6 heteroatoms. The first-order valence-electron chi connectivity index (χ1n) is 6.19. The molecule has 0 spiro atoms. The van der Waals surface area contributed by atoms with E-state index in [9.17, 15) is 4.79 Å². The monoisotopic (exact) mass is 438 g/mol. The second-order valence-corrected chi connectivity index (χ2v) is 6.58. The van der Waals surface area contributed by atoms with Crippen molar-refractivity contribution in [1.29, 1.82) is 0 Å². The third-order valence-corrected chi connectivity index (χ3v) is 4.60. The minimum absolute atomic E-state index is 0.0778. The Morgan fingerprint density at radius 2 is 2.00 bits per heavy atom. The highest BCUT2D eigenvalue weighted by atomic mass is 127. The number of carbonyl (C=O) groups excluding carboxylic acids is 1. The number of aliphatic hydroxyl groups is 1. The highest BCUT2D eigenvalue weighted by molar-refractivity contribution is 14.1. The maximum absolute atomic E-state index is 12.5. The van der Waals surface area contributed by atoms with E-state index in [0.29, 0.717) is 6.54 Å². The summed E-state index contributed by atoms with van der Waals surface area (Å²) in [6, 6.07) is 5.80. The number of benzene rings is 1. The molecule has 1 aromatic carbocycles. The topological polar surface area (TPSA) is 43.8 Å². The summed E-state index contributed by atoms with van der Waals surface area (Å²) in [7, 11) is 0. The first-order chi connectivity index (χ1) is 9.11. The van der Waals surface area contributed by atoms with Crippen LogP contribution >= 0.6 is 38.5 Å². The highest BCUT2D eigenvalue weighted by Gasteiger charge is 2.23. The zero-order valence-electron chi connectivity index (χ0n) is 10.5. The van der Waals surface area contributed by atoms with Gasteiger partial charge in [-0.2, -0.15) is 0 Å². The smallest absolute Gasteiger partial charge is 0.255 e. The Kier molecular flexibility index (Phi) is 5.61. The quantitative estimate of drug-likeness (QED) is 0.732. The maximum Gasteiger partial charge on any atom is 0.255 e. The Bertz CT molecular complexity index is 462. The van der Waals surface area contributed by atoms with Crippen LogP contribution in [0.3, 0.4) is 0 Å². The van der Waals surface area contributed by atoms with Gasteiger partial charge in [-0.05, 0) is 56.7 Å². The molecule has 0 radical (unpaired) electrons. The lowest BCUT2D eigenvalue weighted by Gasteiger charge is -2.34. The molecule has 0 aromatic heterocycles. The zero-order valence-corrected chi connectivity index (χ0v) is 14.2. The number of nitrogens with zero attached hydrogens (tertiary/aromatic N) is 2. The van der Waals surface area contributed by atoms with Gasteiger partial charge >= 0.3 is 0 Å². The lowest BCUT2D eigenvalue weighted by Crippen LogP contribution is -2.49. The Hall–Kier alpha value is -0.180. The largest absolute Gasteiger partial charge is 0.395 e. The molecule has 2 rings (SSSR count). The third-order valence-electron chi connectivity index (χ3n) is 3.23. The average molecular weight is 439 g/mol. The fraction of sp³-hybridized carbons (Fsp3) is 0.462. The number of aliphatic hydroxyl groups excluding tert-OH is 1. The summed E-state index contributed by atoms with van der Waals surface area (Å²) in [6.07, 6.45) is 0. The number of hydrogen-bond donors (Lipinski definition) is 1. The predicted octanol–water partition coefficient (Wildman–Crippen LogP) is 1.80. The highest BCUT2D eigenvalue weighted by Crippen LogP contribution is 2.21. The van der Waals surface area contributed by atoms with Crippen molar-refractivity contribution in [3.8, 4) is 0 Å². The lowest BCUT2D eigenvalue weighted by molar-refractivity contribution is 0.0614. The molecule has 1 N–H and O–H groups in total. The summed E-state index contributed by atoms with van der Waals surface area (Å²) in [4.78, 5) is 16.5. The van der Waals surface area contributed by atoms with Crippen LogP contribution in [0.25, 0.3) is 0 Å². The van der Waals surface area contributed by atoms with Gasteiger partial charge in [-0.1, -0.05) is 0 Å². The van der Waals surface area contributed by atoms with Crippen LogP contribution < -0.4 is 0 Å². The molecule has 19 heavy (non-hydrogen) atoms. The molecule has 0 aliphatic carbocycles. The van der Waals surface area contributed by atoms with E-state index in [0.717, 1.165) is 39.8 Å². The molecule has 1 fully saturated rings. The molecule has 1 amide bonds. The molecule has 1 saturated heterocycles. The van der Waals surface area contributed by atoms with Crippen LogP contribution in [0, 0.1) is 3.57 Å². The second kappa shape index (κ2) is 7.01. The molecule has 1 aliphatic rings. The molecule has 4 nitrogen and oxygen atoms in total. The van der Waals surface area contributed by atoms with E-state index in [2.05, 4.69) is 43.4 Å². The molecule has 104 valence electrons. The van der Waals surface area contributed by atoms with Crippen molar-refractivity contribution in [1.82, 2.24) is 9.80 Å². The van der Waals surface area contributed by atoms with Crippen molar-refractivity contribution in [2.24, 2.45) is 0 Å². The van der Waals surface area contributed by atoms with Crippen molar-refractivity contribution >= 4 is 44.4 Å². The van der Waals surface area contributed by atoms with Crippen molar-refractivity contribution in [3.05, 3.63) is 31.8 Å². The maximum atomic E-state index is 12.5. The number of halogens is 2. The van der Waals surface area contributed by atoms with Crippen LogP contribution in [-0.2, 0) is 0 Å². The van der Waals surface area contributed by atoms with Gasteiger partial charge in [0, 0.05) is 40.8 Å². The van der Waals surface area contributed by atoms with E-state index >= 15 is 0 Å². The molecular weight excluding hydrogens is 423 g/mol. The zero-order chi connectivity index (χ0) is 13.8. The van der Waals surface area contributed by atoms with Crippen LogP contribution in [0.5, 0.6) is 0 Å². The van der Waals surface area contributed by atoms with E-state index in [1.165, 1.54) is 0 Å². The molecule has 1 aromatic rings.